The van der Waals surface area contributed by atoms with E-state index in [0.29, 0.717) is 29.6 Å². The Morgan fingerprint density at radius 3 is 2.73 bits per heavy atom. The van der Waals surface area contributed by atoms with Crippen molar-refractivity contribution in [3.05, 3.63) is 58.3 Å². The number of aromatic nitrogens is 3. The molecule has 4 rings (SSSR count). The van der Waals surface area contributed by atoms with E-state index in [1.807, 2.05) is 0 Å². The van der Waals surface area contributed by atoms with E-state index in [1.165, 1.54) is 18.5 Å². The van der Waals surface area contributed by atoms with Gasteiger partial charge in [0.15, 0.2) is 5.65 Å². The first kappa shape index (κ1) is 20.3. The third-order valence-corrected chi connectivity index (χ3v) is 5.46. The highest BCUT2D eigenvalue weighted by Crippen LogP contribution is 2.50. The van der Waals surface area contributed by atoms with Crippen molar-refractivity contribution >= 4 is 28.5 Å². The van der Waals surface area contributed by atoms with Crippen molar-refractivity contribution in [1.29, 1.82) is 5.26 Å². The minimum absolute atomic E-state index is 0.0229. The second-order valence-electron chi connectivity index (χ2n) is 7.11. The normalized spacial score (nSPS) is 15.1. The number of nitriles is 1. The molecule has 1 aliphatic rings. The van der Waals surface area contributed by atoms with Gasteiger partial charge in [-0.1, -0.05) is 23.7 Å². The molecule has 1 aliphatic carbocycles. The summed E-state index contributed by atoms with van der Waals surface area (Å²) in [5.74, 6) is -4.49. The van der Waals surface area contributed by atoms with Crippen molar-refractivity contribution in [3.63, 3.8) is 0 Å². The molecule has 2 heterocycles. The first-order valence-electron chi connectivity index (χ1n) is 9.05. The largest absolute Gasteiger partial charge is 0.390 e. The van der Waals surface area contributed by atoms with Crippen molar-refractivity contribution in [2.75, 3.05) is 11.9 Å². The van der Waals surface area contributed by atoms with Crippen LogP contribution in [0.2, 0.25) is 5.15 Å². The molecule has 0 aliphatic heterocycles. The monoisotopic (exact) mass is 433 g/mol. The summed E-state index contributed by atoms with van der Waals surface area (Å²) < 4.78 is 42.1. The Hall–Kier alpha value is -2.96. The molecule has 0 unspecified atom stereocenters. The highest BCUT2D eigenvalue weighted by Gasteiger charge is 2.47. The summed E-state index contributed by atoms with van der Waals surface area (Å²) in [5.41, 5.74) is -0.715. The lowest BCUT2D eigenvalue weighted by molar-refractivity contribution is -0.0583. The van der Waals surface area contributed by atoms with E-state index in [1.54, 1.807) is 6.07 Å². The number of hydrogen-bond acceptors (Lipinski definition) is 6. The molecule has 1 aromatic carbocycles. The van der Waals surface area contributed by atoms with Gasteiger partial charge in [0.2, 0.25) is 0 Å². The van der Waals surface area contributed by atoms with Crippen molar-refractivity contribution in [2.24, 2.45) is 0 Å². The van der Waals surface area contributed by atoms with Gasteiger partial charge >= 0.3 is 0 Å². The number of anilines is 1. The fourth-order valence-corrected chi connectivity index (χ4v) is 3.59. The molecule has 0 saturated heterocycles. The number of benzene rings is 1. The van der Waals surface area contributed by atoms with Gasteiger partial charge in [0.05, 0.1) is 22.4 Å². The first-order valence-corrected chi connectivity index (χ1v) is 9.42. The fourth-order valence-electron chi connectivity index (χ4n) is 3.27. The van der Waals surface area contributed by atoms with Gasteiger partial charge in [0.25, 0.3) is 5.92 Å². The van der Waals surface area contributed by atoms with Crippen LogP contribution in [0, 0.1) is 17.1 Å². The Morgan fingerprint density at radius 2 is 2.07 bits per heavy atom. The minimum Gasteiger partial charge on any atom is -0.390 e. The van der Waals surface area contributed by atoms with Gasteiger partial charge in [-0.15, -0.1) is 0 Å². The molecule has 0 bridgehead atoms. The molecule has 0 spiro atoms. The summed E-state index contributed by atoms with van der Waals surface area (Å²) in [5, 5.41) is 21.9. The number of halogens is 4. The maximum Gasteiger partial charge on any atom is 0.298 e. The predicted octanol–water partition coefficient (Wildman–Crippen LogP) is 4.07. The van der Waals surface area contributed by atoms with Gasteiger partial charge in [-0.3, -0.25) is 0 Å². The summed E-state index contributed by atoms with van der Waals surface area (Å²) in [6.07, 6.45) is 2.59. The molecule has 6 nitrogen and oxygen atoms in total. The molecule has 1 fully saturated rings. The second-order valence-corrected chi connectivity index (χ2v) is 7.47. The van der Waals surface area contributed by atoms with Crippen molar-refractivity contribution in [1.82, 2.24) is 15.0 Å². The number of aliphatic hydroxyl groups is 1. The Bertz CT molecular complexity index is 1180. The fraction of sp³-hybridized carbons (Fsp3) is 0.300. The topological polar surface area (TPSA) is 94.7 Å². The van der Waals surface area contributed by atoms with Crippen LogP contribution in [-0.4, -0.2) is 26.7 Å². The quantitative estimate of drug-likeness (QED) is 0.569. The number of nitrogens with one attached hydrogen (secondary N) is 1. The van der Waals surface area contributed by atoms with Crippen LogP contribution in [-0.2, 0) is 17.9 Å². The number of aliphatic hydroxyl groups excluding tert-OH is 1. The van der Waals surface area contributed by atoms with Crippen LogP contribution in [0.4, 0.5) is 19.0 Å². The lowest BCUT2D eigenvalue weighted by Gasteiger charge is -2.17. The zero-order valence-corrected chi connectivity index (χ0v) is 16.2. The molecule has 1 saturated carbocycles. The average molecular weight is 434 g/mol. The molecule has 2 aromatic heterocycles. The van der Waals surface area contributed by atoms with Crippen LogP contribution in [0.5, 0.6) is 0 Å². The molecule has 30 heavy (non-hydrogen) atoms. The molecular formula is C20H15ClF3N5O. The molecular weight excluding hydrogens is 419 g/mol. The SMILES string of the molecule is N#CC1(c2cc3c(NCc4cccc(C(F)(F)CO)c4F)ncnc3nc2Cl)CC1. The zero-order valence-electron chi connectivity index (χ0n) is 15.5. The van der Waals surface area contributed by atoms with Gasteiger partial charge < -0.3 is 10.4 Å². The second kappa shape index (κ2) is 7.38. The third kappa shape index (κ3) is 3.42. The Morgan fingerprint density at radius 1 is 1.30 bits per heavy atom. The van der Waals surface area contributed by atoms with E-state index in [2.05, 4.69) is 26.3 Å². The number of alkyl halides is 2. The van der Waals surface area contributed by atoms with Crippen LogP contribution in [0.15, 0.2) is 30.6 Å². The summed E-state index contributed by atoms with van der Waals surface area (Å²) in [4.78, 5) is 12.5. The van der Waals surface area contributed by atoms with Crippen molar-refractivity contribution in [3.8, 4) is 6.07 Å². The number of hydrogen-bond donors (Lipinski definition) is 2. The third-order valence-electron chi connectivity index (χ3n) is 5.18. The summed E-state index contributed by atoms with van der Waals surface area (Å²) in [7, 11) is 0. The van der Waals surface area contributed by atoms with Gasteiger partial charge in [-0.05, 0) is 25.0 Å². The average Bonchev–Trinajstić information content (AvgIpc) is 3.53. The Balaban J connectivity index is 1.68. The lowest BCUT2D eigenvalue weighted by Crippen LogP contribution is -2.21. The van der Waals surface area contributed by atoms with Crippen molar-refractivity contribution in [2.45, 2.75) is 30.7 Å². The maximum atomic E-state index is 14.6. The van der Waals surface area contributed by atoms with Gasteiger partial charge in [0.1, 0.15) is 29.7 Å². The van der Waals surface area contributed by atoms with E-state index < -0.39 is 29.3 Å². The van der Waals surface area contributed by atoms with Crippen molar-refractivity contribution < 1.29 is 18.3 Å². The van der Waals surface area contributed by atoms with Crippen LogP contribution in [0.1, 0.15) is 29.5 Å². The number of nitrogens with zero attached hydrogens (tertiary/aromatic N) is 4. The van der Waals surface area contributed by atoms with Crippen LogP contribution >= 0.6 is 11.6 Å². The number of fused-ring (bicyclic) bond motifs is 1. The van der Waals surface area contributed by atoms with Crippen LogP contribution in [0.3, 0.4) is 0 Å². The lowest BCUT2D eigenvalue weighted by atomic mass is 9.98. The molecule has 0 radical (unpaired) electrons. The summed E-state index contributed by atoms with van der Waals surface area (Å²) >= 11 is 6.24. The van der Waals surface area contributed by atoms with Gasteiger partial charge in [0, 0.05) is 17.7 Å². The maximum absolute atomic E-state index is 14.6. The molecule has 3 aromatic rings. The number of pyridine rings is 1. The summed E-state index contributed by atoms with van der Waals surface area (Å²) in [6, 6.07) is 7.53. The highest BCUT2D eigenvalue weighted by atomic mass is 35.5. The Labute approximate surface area is 174 Å². The highest BCUT2D eigenvalue weighted by molar-refractivity contribution is 6.30. The van der Waals surface area contributed by atoms with Crippen LogP contribution < -0.4 is 5.32 Å². The number of rotatable bonds is 6. The van der Waals surface area contributed by atoms with E-state index in [-0.39, 0.29) is 22.9 Å². The zero-order chi connectivity index (χ0) is 21.5. The van der Waals surface area contributed by atoms with Gasteiger partial charge in [-0.25, -0.2) is 19.3 Å². The van der Waals surface area contributed by atoms with E-state index in [9.17, 15) is 18.4 Å². The molecule has 154 valence electrons. The van der Waals surface area contributed by atoms with Gasteiger partial charge in [-0.2, -0.15) is 14.0 Å². The molecule has 0 amide bonds. The van der Waals surface area contributed by atoms with E-state index in [4.69, 9.17) is 16.7 Å². The Kier molecular flexibility index (Phi) is 5.00. The van der Waals surface area contributed by atoms with E-state index in [0.717, 1.165) is 6.07 Å². The minimum atomic E-state index is -3.69. The van der Waals surface area contributed by atoms with Crippen LogP contribution in [0.25, 0.3) is 11.0 Å². The molecule has 10 heteroatoms. The molecule has 2 N–H and O–H groups in total. The first-order chi connectivity index (χ1) is 14.3. The molecule has 0 atom stereocenters. The predicted molar refractivity (Wildman–Crippen MR) is 104 cm³/mol. The standard InChI is InChI=1S/C20H15ClF3N5O/c21-16-14(19(8-25)4-5-19)6-12-17(27-10-28-18(12)29-16)26-7-11-2-1-3-13(15(11)22)20(23,24)9-30/h1-3,6,10,30H,4-5,7,9H2,(H,26,27,28,29). The summed E-state index contributed by atoms with van der Waals surface area (Å²) in [6.45, 7) is -1.64. The van der Waals surface area contributed by atoms with E-state index >= 15 is 0 Å². The smallest absolute Gasteiger partial charge is 0.298 e.